The molecule has 2 aliphatic carbocycles. The van der Waals surface area contributed by atoms with Crippen LogP contribution < -0.4 is 10.1 Å². The third kappa shape index (κ3) is 6.13. The fraction of sp³-hybridized carbons (Fsp3) is 0.952. The standard InChI is InChI=1S/C21H36F3N3O3S/c1-3-4-20(28)26-31(29,30)17-11-9-16(10-12-17)27-18(13-19(25-27)21(22,23)24)15-7-5-14(2)6-8-15/h14-19,25H,3-13H2,1-2H3,(H,26,28). The number of alkyl halides is 3. The summed E-state index contributed by atoms with van der Waals surface area (Å²) in [6.45, 7) is 4.00. The predicted octanol–water partition coefficient (Wildman–Crippen LogP) is 3.88. The molecule has 2 unspecified atom stereocenters. The highest BCUT2D eigenvalue weighted by Gasteiger charge is 2.51. The Balaban J connectivity index is 1.64. The lowest BCUT2D eigenvalue weighted by Crippen LogP contribution is -2.53. The molecule has 1 amide bonds. The molecular weight excluding hydrogens is 431 g/mol. The van der Waals surface area contributed by atoms with Crippen molar-refractivity contribution in [2.75, 3.05) is 0 Å². The number of hydrogen-bond acceptors (Lipinski definition) is 5. The van der Waals surface area contributed by atoms with E-state index in [1.807, 2.05) is 5.01 Å². The summed E-state index contributed by atoms with van der Waals surface area (Å²) < 4.78 is 67.7. The van der Waals surface area contributed by atoms with Crippen molar-refractivity contribution in [1.82, 2.24) is 15.2 Å². The van der Waals surface area contributed by atoms with Gasteiger partial charge < -0.3 is 0 Å². The Kier molecular flexibility index (Phi) is 7.95. The molecule has 1 saturated heterocycles. The number of nitrogens with one attached hydrogen (secondary N) is 2. The predicted molar refractivity (Wildman–Crippen MR) is 112 cm³/mol. The van der Waals surface area contributed by atoms with E-state index in [0.29, 0.717) is 38.0 Å². The van der Waals surface area contributed by atoms with Gasteiger partial charge in [0.1, 0.15) is 6.04 Å². The van der Waals surface area contributed by atoms with Crippen molar-refractivity contribution < 1.29 is 26.4 Å². The Hall–Kier alpha value is -0.870. The van der Waals surface area contributed by atoms with Gasteiger partial charge in [0.05, 0.1) is 5.25 Å². The first-order chi connectivity index (χ1) is 14.5. The quantitative estimate of drug-likeness (QED) is 0.620. The van der Waals surface area contributed by atoms with Crippen LogP contribution in [-0.4, -0.2) is 48.9 Å². The van der Waals surface area contributed by atoms with E-state index >= 15 is 0 Å². The second kappa shape index (κ2) is 9.95. The fourth-order valence-corrected chi connectivity index (χ4v) is 6.99. The average molecular weight is 468 g/mol. The van der Waals surface area contributed by atoms with Crippen LogP contribution in [0.1, 0.15) is 84.5 Å². The molecule has 1 heterocycles. The van der Waals surface area contributed by atoms with E-state index in [-0.39, 0.29) is 30.8 Å². The number of sulfonamides is 1. The van der Waals surface area contributed by atoms with Crippen molar-refractivity contribution in [2.24, 2.45) is 11.8 Å². The molecule has 0 aromatic carbocycles. The smallest absolute Gasteiger partial charge is 0.274 e. The normalized spacial score (nSPS) is 35.8. The van der Waals surface area contributed by atoms with Crippen LogP contribution in [0.3, 0.4) is 0 Å². The lowest BCUT2D eigenvalue weighted by atomic mass is 9.77. The average Bonchev–Trinajstić information content (AvgIpc) is 3.14. The van der Waals surface area contributed by atoms with Gasteiger partial charge in [0, 0.05) is 18.5 Å². The van der Waals surface area contributed by atoms with E-state index in [2.05, 4.69) is 17.1 Å². The highest BCUT2D eigenvalue weighted by atomic mass is 32.2. The summed E-state index contributed by atoms with van der Waals surface area (Å²) in [5, 5.41) is 1.16. The van der Waals surface area contributed by atoms with Crippen LogP contribution >= 0.6 is 0 Å². The molecule has 10 heteroatoms. The molecule has 3 fully saturated rings. The zero-order chi connectivity index (χ0) is 22.8. The molecule has 0 bridgehead atoms. The van der Waals surface area contributed by atoms with Gasteiger partial charge in [0.15, 0.2) is 0 Å². The molecule has 1 aliphatic heterocycles. The maximum absolute atomic E-state index is 13.5. The molecule has 180 valence electrons. The summed E-state index contributed by atoms with van der Waals surface area (Å²) >= 11 is 0. The summed E-state index contributed by atoms with van der Waals surface area (Å²) in [6.07, 6.45) is 2.20. The number of rotatable bonds is 6. The molecule has 2 atom stereocenters. The minimum absolute atomic E-state index is 0.0633. The van der Waals surface area contributed by atoms with Crippen molar-refractivity contribution in [3.8, 4) is 0 Å². The molecule has 31 heavy (non-hydrogen) atoms. The molecule has 0 aromatic heterocycles. The Morgan fingerprint density at radius 3 is 2.23 bits per heavy atom. The van der Waals surface area contributed by atoms with Gasteiger partial charge in [0.2, 0.25) is 15.9 Å². The Morgan fingerprint density at radius 2 is 1.68 bits per heavy atom. The van der Waals surface area contributed by atoms with Crippen LogP contribution in [0.2, 0.25) is 0 Å². The molecule has 2 saturated carbocycles. The second-order valence-electron chi connectivity index (χ2n) is 9.70. The van der Waals surface area contributed by atoms with E-state index in [4.69, 9.17) is 0 Å². The highest BCUT2D eigenvalue weighted by Crippen LogP contribution is 2.41. The first kappa shape index (κ1) is 24.8. The number of carbonyl (C=O) groups is 1. The van der Waals surface area contributed by atoms with E-state index in [1.54, 1.807) is 6.92 Å². The summed E-state index contributed by atoms with van der Waals surface area (Å²) in [6, 6.07) is -1.82. The largest absolute Gasteiger partial charge is 0.405 e. The van der Waals surface area contributed by atoms with Crippen LogP contribution in [0.25, 0.3) is 0 Å². The Morgan fingerprint density at radius 1 is 1.06 bits per heavy atom. The molecule has 0 spiro atoms. The summed E-state index contributed by atoms with van der Waals surface area (Å²) in [5.41, 5.74) is 2.75. The van der Waals surface area contributed by atoms with E-state index < -0.39 is 33.4 Å². The zero-order valence-electron chi connectivity index (χ0n) is 18.5. The SMILES string of the molecule is CCCC(=O)NS(=O)(=O)C1CCC(N2NC(C(F)(F)F)CC2C2CCC(C)CC2)CC1. The minimum atomic E-state index is -4.29. The molecular formula is C21H36F3N3O3S. The van der Waals surface area contributed by atoms with Gasteiger partial charge in [-0.2, -0.15) is 13.2 Å². The lowest BCUT2D eigenvalue weighted by molar-refractivity contribution is -0.158. The maximum atomic E-state index is 13.5. The van der Waals surface area contributed by atoms with Gasteiger partial charge in [-0.3, -0.25) is 9.52 Å². The second-order valence-corrected chi connectivity index (χ2v) is 11.7. The van der Waals surface area contributed by atoms with Gasteiger partial charge in [-0.1, -0.05) is 26.7 Å². The summed E-state index contributed by atoms with van der Waals surface area (Å²) in [4.78, 5) is 11.7. The molecule has 3 rings (SSSR count). The van der Waals surface area contributed by atoms with Gasteiger partial charge in [-0.05, 0) is 63.2 Å². The monoisotopic (exact) mass is 467 g/mol. The van der Waals surface area contributed by atoms with Crippen LogP contribution in [0.5, 0.6) is 0 Å². The third-order valence-corrected chi connectivity index (χ3v) is 9.21. The van der Waals surface area contributed by atoms with Crippen molar-refractivity contribution in [2.45, 2.75) is 114 Å². The topological polar surface area (TPSA) is 78.5 Å². The van der Waals surface area contributed by atoms with Crippen molar-refractivity contribution in [3.05, 3.63) is 0 Å². The van der Waals surface area contributed by atoms with Crippen LogP contribution in [-0.2, 0) is 14.8 Å². The third-order valence-electron chi connectivity index (χ3n) is 7.35. The fourth-order valence-electron chi connectivity index (χ4n) is 5.51. The minimum Gasteiger partial charge on any atom is -0.274 e. The van der Waals surface area contributed by atoms with Gasteiger partial charge in [0.25, 0.3) is 0 Å². The van der Waals surface area contributed by atoms with Crippen LogP contribution in [0, 0.1) is 11.8 Å². The van der Waals surface area contributed by atoms with Crippen LogP contribution in [0.4, 0.5) is 13.2 Å². The Labute approximate surface area is 183 Å². The van der Waals surface area contributed by atoms with E-state index in [0.717, 1.165) is 25.7 Å². The molecule has 2 N–H and O–H groups in total. The van der Waals surface area contributed by atoms with Crippen molar-refractivity contribution >= 4 is 15.9 Å². The first-order valence-electron chi connectivity index (χ1n) is 11.7. The molecule has 6 nitrogen and oxygen atoms in total. The number of amides is 1. The number of halogens is 3. The molecule has 0 radical (unpaired) electrons. The molecule has 0 aromatic rings. The lowest BCUT2D eigenvalue weighted by Gasteiger charge is -2.41. The summed E-state index contributed by atoms with van der Waals surface area (Å²) in [7, 11) is -3.74. The first-order valence-corrected chi connectivity index (χ1v) is 13.2. The van der Waals surface area contributed by atoms with E-state index in [1.165, 1.54) is 0 Å². The highest BCUT2D eigenvalue weighted by molar-refractivity contribution is 7.90. The van der Waals surface area contributed by atoms with Gasteiger partial charge >= 0.3 is 6.18 Å². The summed E-state index contributed by atoms with van der Waals surface area (Å²) in [5.74, 6) is 0.373. The maximum Gasteiger partial charge on any atom is 0.405 e. The van der Waals surface area contributed by atoms with Gasteiger partial charge in [-0.25, -0.2) is 18.9 Å². The van der Waals surface area contributed by atoms with E-state index in [9.17, 15) is 26.4 Å². The number of nitrogens with zero attached hydrogens (tertiary/aromatic N) is 1. The van der Waals surface area contributed by atoms with Gasteiger partial charge in [-0.15, -0.1) is 0 Å². The zero-order valence-corrected chi connectivity index (χ0v) is 19.3. The number of hydrogen-bond donors (Lipinski definition) is 2. The molecule has 3 aliphatic rings. The number of carbonyl (C=O) groups excluding carboxylic acids is 1. The van der Waals surface area contributed by atoms with Crippen LogP contribution in [0.15, 0.2) is 0 Å². The van der Waals surface area contributed by atoms with Crippen molar-refractivity contribution in [1.29, 1.82) is 0 Å². The van der Waals surface area contributed by atoms with Crippen molar-refractivity contribution in [3.63, 3.8) is 0 Å². The number of hydrazine groups is 1. The Bertz CT molecular complexity index is 715.